The van der Waals surface area contributed by atoms with Crippen LogP contribution in [0, 0.1) is 13.8 Å². The Morgan fingerprint density at radius 3 is 2.70 bits per heavy atom. The van der Waals surface area contributed by atoms with Crippen molar-refractivity contribution < 1.29 is 18.8 Å². The molecule has 4 rings (SSSR count). The first kappa shape index (κ1) is 23.1. The molecule has 1 aliphatic heterocycles. The number of halogens is 2. The summed E-state index contributed by atoms with van der Waals surface area (Å²) in [6, 6.07) is 8.32. The smallest absolute Gasteiger partial charge is 0.294 e. The first-order valence-electron chi connectivity index (χ1n) is 9.67. The number of fused-ring (bicyclic) bond motifs is 1. The van der Waals surface area contributed by atoms with E-state index in [-0.39, 0.29) is 31.5 Å². The monoisotopic (exact) mass is 502 g/mol. The van der Waals surface area contributed by atoms with Gasteiger partial charge in [0.05, 0.1) is 20.9 Å². The second-order valence-corrected chi connectivity index (χ2v) is 9.18. The maximum Gasteiger partial charge on any atom is 0.294 e. The van der Waals surface area contributed by atoms with E-state index >= 15 is 0 Å². The van der Waals surface area contributed by atoms with Gasteiger partial charge in [-0.15, -0.1) is 0 Å². The lowest BCUT2D eigenvalue weighted by molar-refractivity contribution is -0.127. The summed E-state index contributed by atoms with van der Waals surface area (Å²) >= 11 is 12.7. The molecular weight excluding hydrogens is 487 g/mol. The van der Waals surface area contributed by atoms with Gasteiger partial charge >= 0.3 is 0 Å². The molecular formula is C23H16Cl2N2O5S. The van der Waals surface area contributed by atoms with Crippen molar-refractivity contribution >= 4 is 74.7 Å². The van der Waals surface area contributed by atoms with Crippen LogP contribution < -0.4 is 10.7 Å². The largest absolute Gasteiger partial charge is 0.462 e. The Morgan fingerprint density at radius 1 is 1.18 bits per heavy atom. The van der Waals surface area contributed by atoms with Gasteiger partial charge in [0.25, 0.3) is 11.1 Å². The lowest BCUT2D eigenvalue weighted by atomic mass is 10.1. The summed E-state index contributed by atoms with van der Waals surface area (Å²) in [6.07, 6.45) is 2.42. The normalized spacial score (nSPS) is 15.0. The third-order valence-electron chi connectivity index (χ3n) is 5.16. The fraction of sp³-hybridized carbons (Fsp3) is 0.130. The van der Waals surface area contributed by atoms with Gasteiger partial charge in [0.2, 0.25) is 5.91 Å². The van der Waals surface area contributed by atoms with Crippen molar-refractivity contribution in [2.75, 3.05) is 11.9 Å². The molecule has 10 heteroatoms. The van der Waals surface area contributed by atoms with Gasteiger partial charge in [-0.25, -0.2) is 0 Å². The Hall–Kier alpha value is -3.07. The number of aryl methyl sites for hydroxylation is 1. The number of carbonyl (C=O) groups excluding carboxylic acids is 3. The standard InChI is InChI=1S/C23H16Cl2N2O5S/c1-11-4-3-5-17(12(11)2)26-19(28)9-27-22(30)18(33-23(27)31)6-13-10-32-21-15(20(13)29)7-14(24)8-16(21)25/h3-8,10H,9H2,1-2H3,(H,26,28)/b18-6-. The number of amides is 3. The average Bonchev–Trinajstić information content (AvgIpc) is 3.01. The summed E-state index contributed by atoms with van der Waals surface area (Å²) in [5.41, 5.74) is 2.25. The maximum absolute atomic E-state index is 12.8. The molecule has 1 saturated heterocycles. The van der Waals surface area contributed by atoms with Crippen LogP contribution >= 0.6 is 35.0 Å². The van der Waals surface area contributed by atoms with E-state index in [4.69, 9.17) is 27.6 Å². The highest BCUT2D eigenvalue weighted by atomic mass is 35.5. The Kier molecular flexibility index (Phi) is 6.34. The zero-order valence-electron chi connectivity index (χ0n) is 17.4. The van der Waals surface area contributed by atoms with Crippen LogP contribution in [0.1, 0.15) is 16.7 Å². The minimum atomic E-state index is -0.676. The van der Waals surface area contributed by atoms with E-state index in [0.717, 1.165) is 22.3 Å². The number of nitrogens with one attached hydrogen (secondary N) is 1. The number of hydrogen-bond acceptors (Lipinski definition) is 6. The number of imide groups is 1. The van der Waals surface area contributed by atoms with Crippen molar-refractivity contribution in [1.29, 1.82) is 0 Å². The fourth-order valence-electron chi connectivity index (χ4n) is 3.28. The van der Waals surface area contributed by atoms with Gasteiger partial charge in [-0.05, 0) is 61.0 Å². The molecule has 168 valence electrons. The Labute approximate surface area is 202 Å². The van der Waals surface area contributed by atoms with Crippen LogP contribution in [0.2, 0.25) is 10.0 Å². The molecule has 0 radical (unpaired) electrons. The SMILES string of the molecule is Cc1cccc(NC(=O)CN2C(=O)S/C(=C\c3coc4c(Cl)cc(Cl)cc4c3=O)C2=O)c1C. The molecule has 33 heavy (non-hydrogen) atoms. The van der Waals surface area contributed by atoms with Crippen LogP contribution in [0.25, 0.3) is 17.0 Å². The summed E-state index contributed by atoms with van der Waals surface area (Å²) in [5.74, 6) is -1.19. The Balaban J connectivity index is 1.57. The summed E-state index contributed by atoms with van der Waals surface area (Å²) in [6.45, 7) is 3.33. The van der Waals surface area contributed by atoms with Gasteiger partial charge in [-0.1, -0.05) is 35.3 Å². The van der Waals surface area contributed by atoms with E-state index in [0.29, 0.717) is 17.4 Å². The molecule has 3 amide bonds. The summed E-state index contributed by atoms with van der Waals surface area (Å²) in [7, 11) is 0. The van der Waals surface area contributed by atoms with Crippen LogP contribution in [-0.4, -0.2) is 28.5 Å². The van der Waals surface area contributed by atoms with E-state index in [1.807, 2.05) is 19.9 Å². The zero-order valence-corrected chi connectivity index (χ0v) is 19.7. The van der Waals surface area contributed by atoms with Crippen molar-refractivity contribution in [3.05, 3.63) is 78.5 Å². The van der Waals surface area contributed by atoms with Crippen LogP contribution in [-0.2, 0) is 9.59 Å². The molecule has 1 fully saturated rings. The average molecular weight is 503 g/mol. The fourth-order valence-corrected chi connectivity index (χ4v) is 4.64. The number of carbonyl (C=O) groups is 3. The summed E-state index contributed by atoms with van der Waals surface area (Å²) in [5, 5.41) is 2.69. The molecule has 2 heterocycles. The van der Waals surface area contributed by atoms with Crippen LogP contribution in [0.5, 0.6) is 0 Å². The van der Waals surface area contributed by atoms with Crippen molar-refractivity contribution in [3.8, 4) is 0 Å². The molecule has 0 spiro atoms. The van der Waals surface area contributed by atoms with Gasteiger partial charge in [-0.2, -0.15) is 0 Å². The lowest BCUT2D eigenvalue weighted by Crippen LogP contribution is -2.36. The van der Waals surface area contributed by atoms with Gasteiger partial charge < -0.3 is 9.73 Å². The first-order valence-corrected chi connectivity index (χ1v) is 11.2. The number of thioether (sulfide) groups is 1. The van der Waals surface area contributed by atoms with Crippen LogP contribution in [0.4, 0.5) is 10.5 Å². The number of anilines is 1. The third-order valence-corrected chi connectivity index (χ3v) is 6.57. The van der Waals surface area contributed by atoms with Crippen molar-refractivity contribution in [2.45, 2.75) is 13.8 Å². The van der Waals surface area contributed by atoms with Crippen LogP contribution in [0.15, 0.2) is 50.7 Å². The second kappa shape index (κ2) is 9.05. The molecule has 1 N–H and O–H groups in total. The Morgan fingerprint density at radius 2 is 1.94 bits per heavy atom. The molecule has 3 aromatic rings. The first-order chi connectivity index (χ1) is 15.7. The zero-order chi connectivity index (χ0) is 23.9. The quantitative estimate of drug-likeness (QED) is 0.480. The number of hydrogen-bond donors (Lipinski definition) is 1. The predicted octanol–water partition coefficient (Wildman–Crippen LogP) is 5.39. The molecule has 1 aromatic heterocycles. The lowest BCUT2D eigenvalue weighted by Gasteiger charge is -2.14. The minimum Gasteiger partial charge on any atom is -0.462 e. The van der Waals surface area contributed by atoms with E-state index < -0.39 is 29.0 Å². The molecule has 0 saturated carbocycles. The summed E-state index contributed by atoms with van der Waals surface area (Å²) < 4.78 is 5.44. The third kappa shape index (κ3) is 4.55. The Bertz CT molecular complexity index is 1430. The topological polar surface area (TPSA) is 96.7 Å². The number of benzene rings is 2. The predicted molar refractivity (Wildman–Crippen MR) is 130 cm³/mol. The van der Waals surface area contributed by atoms with E-state index in [1.165, 1.54) is 18.2 Å². The van der Waals surface area contributed by atoms with Gasteiger partial charge in [0.1, 0.15) is 12.8 Å². The van der Waals surface area contributed by atoms with Crippen molar-refractivity contribution in [3.63, 3.8) is 0 Å². The maximum atomic E-state index is 12.8. The highest BCUT2D eigenvalue weighted by Crippen LogP contribution is 2.33. The highest BCUT2D eigenvalue weighted by molar-refractivity contribution is 8.18. The molecule has 7 nitrogen and oxygen atoms in total. The van der Waals surface area contributed by atoms with Gasteiger partial charge in [0.15, 0.2) is 11.0 Å². The highest BCUT2D eigenvalue weighted by Gasteiger charge is 2.36. The molecule has 0 bridgehead atoms. The van der Waals surface area contributed by atoms with E-state index in [2.05, 4.69) is 5.32 Å². The summed E-state index contributed by atoms with van der Waals surface area (Å²) in [4.78, 5) is 51.3. The van der Waals surface area contributed by atoms with E-state index in [9.17, 15) is 19.2 Å². The number of nitrogens with zero attached hydrogens (tertiary/aromatic N) is 1. The number of rotatable bonds is 4. The van der Waals surface area contributed by atoms with Gasteiger partial charge in [-0.3, -0.25) is 24.1 Å². The molecule has 1 aliphatic rings. The van der Waals surface area contributed by atoms with E-state index in [1.54, 1.807) is 12.1 Å². The second-order valence-electron chi connectivity index (χ2n) is 7.35. The molecule has 0 unspecified atom stereocenters. The van der Waals surface area contributed by atoms with Crippen molar-refractivity contribution in [2.24, 2.45) is 0 Å². The van der Waals surface area contributed by atoms with Crippen molar-refractivity contribution in [1.82, 2.24) is 4.90 Å². The van der Waals surface area contributed by atoms with Crippen LogP contribution in [0.3, 0.4) is 0 Å². The minimum absolute atomic E-state index is 0.000638. The molecule has 2 aromatic carbocycles. The molecule has 0 aliphatic carbocycles. The molecule has 0 atom stereocenters. The van der Waals surface area contributed by atoms with Gasteiger partial charge in [0, 0.05) is 10.7 Å².